The number of methoxy groups -OCH3 is 1. The monoisotopic (exact) mass is 1170 g/mol. The number of H-pyrrole nitrogens is 1. The van der Waals surface area contributed by atoms with Crippen LogP contribution in [0.3, 0.4) is 0 Å². The Morgan fingerprint density at radius 2 is 1.63 bits per heavy atom. The van der Waals surface area contributed by atoms with Gasteiger partial charge in [-0.05, 0) is 192 Å². The van der Waals surface area contributed by atoms with Crippen LogP contribution in [0.25, 0.3) is 10.8 Å². The summed E-state index contributed by atoms with van der Waals surface area (Å²) in [5.41, 5.74) is 8.75. The van der Waals surface area contributed by atoms with Crippen molar-refractivity contribution in [2.75, 3.05) is 38.7 Å². The first-order chi connectivity index (χ1) is 41.6. The van der Waals surface area contributed by atoms with Crippen LogP contribution >= 0.6 is 0 Å². The summed E-state index contributed by atoms with van der Waals surface area (Å²) in [5, 5.41) is 91.9. The molecule has 10 rings (SSSR count). The Balaban J connectivity index is 1.05. The van der Waals surface area contributed by atoms with E-state index in [0.717, 1.165) is 56.8 Å². The molecule has 6 aromatic rings. The van der Waals surface area contributed by atoms with Gasteiger partial charge in [-0.15, -0.1) is 0 Å². The molecule has 2 aliphatic carbocycles. The van der Waals surface area contributed by atoms with Gasteiger partial charge in [0.05, 0.1) is 25.2 Å². The van der Waals surface area contributed by atoms with Crippen molar-refractivity contribution in [1.82, 2.24) is 15.6 Å². The molecule has 3 heterocycles. The molecule has 14 nitrogen and oxygen atoms in total. The van der Waals surface area contributed by atoms with Crippen LogP contribution in [0.5, 0.6) is 23.0 Å². The highest BCUT2D eigenvalue weighted by Crippen LogP contribution is 2.46. The number of phenols is 3. The third kappa shape index (κ3) is 14.9. The van der Waals surface area contributed by atoms with Crippen LogP contribution in [0.1, 0.15) is 128 Å². The highest BCUT2D eigenvalue weighted by atomic mass is 16.5. The number of aryl methyl sites for hydroxylation is 3. The Morgan fingerprint density at radius 3 is 2.44 bits per heavy atom. The maximum atomic E-state index is 15.3. The number of carbonyl (C=O) groups is 2. The summed E-state index contributed by atoms with van der Waals surface area (Å²) in [6, 6.07) is 30.5. The predicted octanol–water partition coefficient (Wildman–Crippen LogP) is 10.2. The molecule has 9 bridgehead atoms. The Hall–Kier alpha value is -7.38. The summed E-state index contributed by atoms with van der Waals surface area (Å²) in [6.07, 6.45) is 9.70. The minimum absolute atomic E-state index is 0.00925. The van der Waals surface area contributed by atoms with Crippen LogP contribution in [0.4, 0.5) is 5.69 Å². The Bertz CT molecular complexity index is 3480. The van der Waals surface area contributed by atoms with Crippen molar-refractivity contribution in [2.24, 2.45) is 35.5 Å². The second kappa shape index (κ2) is 28.4. The number of phenolic OH excluding ortho intramolecular Hbond substituents is 3. The van der Waals surface area contributed by atoms with E-state index in [0.29, 0.717) is 106 Å². The standard InChI is InChI=1S/C72H86N4O10/c1-4-8-60-53-29-47(27-46-25-26-74-69(31-46)76-55-22-19-49-17-18-52(70(83)64(49)36-55)33-58(79)41-73-39-43(2)54-32-56(75-40-54)37-66(60)81)28-50-20-23-61(59-12-6-5-10-48(59)16-15-45(42-77)14-13-44-9-7-11-57(78)30-44)62-38-67(82)68(86-3)35-51(62)21-24-65(80)72(85)71(84)63(50)34-53/h5-7,9-12,17-19,22,25,30-32,35-36,38,40,43,45,47,50,53,58,60-61,63,66,72-79,81-83,85H,4,8,13-16,21,24,26-29,33-34,37,39,41-42H2,1-3H3/t43-,45+,47-,50-,53-,58-,60+,61+,63-,66+,72-/m0/s1. The number of aromatic amines is 1. The summed E-state index contributed by atoms with van der Waals surface area (Å²) >= 11 is 0. The fourth-order valence-electron chi connectivity index (χ4n) is 14.1. The van der Waals surface area contributed by atoms with Gasteiger partial charge in [-0.25, -0.2) is 0 Å². The fourth-order valence-corrected chi connectivity index (χ4v) is 14.1. The molecule has 5 aromatic carbocycles. The van der Waals surface area contributed by atoms with Gasteiger partial charge in [0.15, 0.2) is 29.2 Å². The van der Waals surface area contributed by atoms with Crippen LogP contribution in [0.15, 0.2) is 127 Å². The molecule has 0 spiro atoms. The van der Waals surface area contributed by atoms with Gasteiger partial charge in [0.2, 0.25) is 0 Å². The number of hydrogen-bond acceptors (Lipinski definition) is 13. The number of carbonyl (C=O) groups excluding carboxylic acids is 2. The number of aromatic nitrogens is 1. The van der Waals surface area contributed by atoms with Gasteiger partial charge < -0.3 is 61.4 Å². The van der Waals surface area contributed by atoms with Crippen LogP contribution < -0.4 is 20.7 Å². The first kappa shape index (κ1) is 61.7. The maximum absolute atomic E-state index is 15.3. The lowest BCUT2D eigenvalue weighted by Gasteiger charge is -2.33. The van der Waals surface area contributed by atoms with Gasteiger partial charge in [0, 0.05) is 80.3 Å². The lowest BCUT2D eigenvalue weighted by Crippen LogP contribution is -2.40. The van der Waals surface area contributed by atoms with Gasteiger partial charge in [-0.3, -0.25) is 9.59 Å². The van der Waals surface area contributed by atoms with Gasteiger partial charge in [0.25, 0.3) is 0 Å². The molecule has 86 heavy (non-hydrogen) atoms. The zero-order valence-corrected chi connectivity index (χ0v) is 49.9. The summed E-state index contributed by atoms with van der Waals surface area (Å²) in [5.74, 6) is 5.03. The number of benzene rings is 5. The number of Topliss-reactive ketones (excluding diaryl/α,β-unsaturated/α-hetero) is 2. The normalized spacial score (nSPS) is 25.4. The van der Waals surface area contributed by atoms with Crippen molar-refractivity contribution < 1.29 is 50.1 Å². The number of fused-ring (bicyclic) bond motifs is 9. The number of hydrogen-bond donors (Lipinski definition) is 11. The van der Waals surface area contributed by atoms with Crippen LogP contribution in [-0.4, -0.2) is 104 Å². The second-order valence-corrected chi connectivity index (χ2v) is 24.9. The Kier molecular flexibility index (Phi) is 20.4. The van der Waals surface area contributed by atoms with E-state index in [-0.39, 0.29) is 78.5 Å². The lowest BCUT2D eigenvalue weighted by atomic mass is 9.73. The minimum Gasteiger partial charge on any atom is -0.508 e. The number of ether oxygens (including phenoxy) is 1. The van der Waals surface area contributed by atoms with Crippen LogP contribution in [0.2, 0.25) is 0 Å². The van der Waals surface area contributed by atoms with Crippen molar-refractivity contribution in [1.29, 1.82) is 0 Å². The van der Waals surface area contributed by atoms with E-state index in [9.17, 15) is 40.5 Å². The molecule has 2 aliphatic heterocycles. The fraction of sp³-hybridized carbons (Fsp3) is 0.444. The van der Waals surface area contributed by atoms with E-state index >= 15 is 4.79 Å². The van der Waals surface area contributed by atoms with Gasteiger partial charge >= 0.3 is 0 Å². The van der Waals surface area contributed by atoms with Gasteiger partial charge in [0.1, 0.15) is 17.3 Å². The summed E-state index contributed by atoms with van der Waals surface area (Å²) in [7, 11) is 1.47. The molecule has 1 aromatic heterocycles. The third-order valence-electron chi connectivity index (χ3n) is 18.8. The molecule has 0 radical (unpaired) electrons. The first-order valence-corrected chi connectivity index (χ1v) is 31.2. The summed E-state index contributed by atoms with van der Waals surface area (Å²) in [6.45, 7) is 5.69. The molecule has 0 saturated heterocycles. The average molecular weight is 1170 g/mol. The molecule has 1 fully saturated rings. The van der Waals surface area contributed by atoms with E-state index in [1.807, 2.05) is 60.8 Å². The number of aliphatic hydroxyl groups excluding tert-OH is 4. The number of dihydropyridines is 1. The minimum atomic E-state index is -1.89. The van der Waals surface area contributed by atoms with E-state index in [4.69, 9.17) is 4.74 Å². The number of aromatic hydroxyl groups is 3. The zero-order valence-electron chi connectivity index (χ0n) is 49.9. The number of allylic oxidation sites excluding steroid dienone is 2. The highest BCUT2D eigenvalue weighted by molar-refractivity contribution is 6.06. The molecule has 0 amide bonds. The number of nitrogens with one attached hydrogen (secondary N) is 4. The number of ketones is 2. The predicted molar refractivity (Wildman–Crippen MR) is 336 cm³/mol. The zero-order chi connectivity index (χ0) is 60.4. The van der Waals surface area contributed by atoms with Crippen molar-refractivity contribution in [3.63, 3.8) is 0 Å². The largest absolute Gasteiger partial charge is 0.508 e. The number of anilines is 1. The van der Waals surface area contributed by atoms with Crippen LogP contribution in [-0.2, 0) is 41.7 Å². The van der Waals surface area contributed by atoms with Crippen molar-refractivity contribution in [2.45, 2.75) is 134 Å². The molecule has 1 saturated carbocycles. The lowest BCUT2D eigenvalue weighted by molar-refractivity contribution is -0.142. The third-order valence-corrected chi connectivity index (χ3v) is 18.8. The number of aliphatic hydroxyl groups is 4. The van der Waals surface area contributed by atoms with Crippen molar-refractivity contribution in [3.05, 3.63) is 171 Å². The topological polar surface area (TPSA) is 237 Å². The molecule has 454 valence electrons. The summed E-state index contributed by atoms with van der Waals surface area (Å²) in [4.78, 5) is 33.2. The molecule has 11 atom stereocenters. The summed E-state index contributed by atoms with van der Waals surface area (Å²) < 4.78 is 5.63. The van der Waals surface area contributed by atoms with Crippen LogP contribution in [0, 0.1) is 47.3 Å². The molecule has 11 N–H and O–H groups in total. The Morgan fingerprint density at radius 1 is 0.802 bits per heavy atom. The molecule has 14 heteroatoms. The molecule has 0 unspecified atom stereocenters. The first-order valence-electron chi connectivity index (χ1n) is 31.2. The smallest absolute Gasteiger partial charge is 0.173 e. The molecular weight excluding hydrogens is 1080 g/mol. The quantitative estimate of drug-likeness (QED) is 0.0428. The van der Waals surface area contributed by atoms with E-state index in [1.54, 1.807) is 24.3 Å². The van der Waals surface area contributed by atoms with Gasteiger partial charge in [-0.2, -0.15) is 0 Å². The van der Waals surface area contributed by atoms with Crippen molar-refractivity contribution in [3.8, 4) is 34.8 Å². The van der Waals surface area contributed by atoms with E-state index in [2.05, 4.69) is 77.0 Å². The average Bonchev–Trinajstić information content (AvgIpc) is 2.07. The SMILES string of the molecule is CCC[C@@H]1[C@H]2C[C@@H](CC3=CCNC(=C3)Nc3ccc4ccc(c(O)c4c3)C[C@H](O)CNC[C@H](C)c3c[nH]c(c3)C[C@H]1O)C[C@@H]1C#C[C@H](c3ccccc3CC[C@H](CO)CCc3cccc(O)c3)c3cc(O)c(OC)cc3CCC(=O)[C@H](O)C(=O)[C@H]1C2. The maximum Gasteiger partial charge on any atom is 0.173 e. The second-order valence-electron chi connectivity index (χ2n) is 24.9. The van der Waals surface area contributed by atoms with Crippen molar-refractivity contribution >= 4 is 28.0 Å². The molecular formula is C72H86N4O10. The van der Waals surface area contributed by atoms with E-state index < -0.39 is 47.6 Å². The number of rotatable bonds is 11. The molecule has 4 aliphatic rings. The van der Waals surface area contributed by atoms with E-state index in [1.165, 1.54) is 7.11 Å². The number of β-amino-alcohol motifs (C(OH)–C–C–N with tert-alkyl or cyclic N) is 1. The van der Waals surface area contributed by atoms with Gasteiger partial charge in [-0.1, -0.05) is 92.8 Å². The highest BCUT2D eigenvalue weighted by Gasteiger charge is 2.44. The Labute approximate surface area is 505 Å².